The Labute approximate surface area is 214 Å². The maximum absolute atomic E-state index is 12.8. The van der Waals surface area contributed by atoms with Crippen molar-refractivity contribution < 1.29 is 24.2 Å². The molecule has 7 nitrogen and oxygen atoms in total. The number of carboxylic acid groups (broad SMARTS) is 1. The van der Waals surface area contributed by atoms with E-state index in [-0.39, 0.29) is 22.8 Å². The van der Waals surface area contributed by atoms with Gasteiger partial charge in [0, 0.05) is 5.69 Å². The van der Waals surface area contributed by atoms with E-state index < -0.39 is 11.9 Å². The molecular formula is C28H25ClN2O5. The Bertz CT molecular complexity index is 1360. The van der Waals surface area contributed by atoms with Crippen molar-refractivity contribution in [3.05, 3.63) is 93.0 Å². The third kappa shape index (κ3) is 6.44. The average Bonchev–Trinajstić information content (AvgIpc) is 2.85. The van der Waals surface area contributed by atoms with Crippen molar-refractivity contribution in [2.45, 2.75) is 27.4 Å². The molecule has 8 heteroatoms. The molecule has 3 rings (SSSR count). The number of carboxylic acids is 1. The summed E-state index contributed by atoms with van der Waals surface area (Å²) in [7, 11) is 0. The fourth-order valence-electron chi connectivity index (χ4n) is 3.36. The van der Waals surface area contributed by atoms with Gasteiger partial charge in [-0.15, -0.1) is 0 Å². The number of carbonyl (C=O) groups is 2. The van der Waals surface area contributed by atoms with Gasteiger partial charge >= 0.3 is 5.97 Å². The van der Waals surface area contributed by atoms with Crippen LogP contribution in [0.1, 0.15) is 39.5 Å². The molecule has 0 bridgehead atoms. The minimum Gasteiger partial charge on any atom is -0.490 e. The van der Waals surface area contributed by atoms with Crippen molar-refractivity contribution in [1.82, 2.24) is 0 Å². The Morgan fingerprint density at radius 3 is 2.47 bits per heavy atom. The van der Waals surface area contributed by atoms with Crippen LogP contribution in [0.25, 0.3) is 6.08 Å². The fraction of sp³-hybridized carbons (Fsp3) is 0.179. The van der Waals surface area contributed by atoms with Gasteiger partial charge in [0.15, 0.2) is 11.5 Å². The van der Waals surface area contributed by atoms with Crippen LogP contribution >= 0.6 is 11.6 Å². The molecule has 184 valence electrons. The molecule has 0 atom stereocenters. The van der Waals surface area contributed by atoms with Crippen molar-refractivity contribution in [2.24, 2.45) is 0 Å². The lowest BCUT2D eigenvalue weighted by Crippen LogP contribution is -2.14. The molecule has 0 fully saturated rings. The first-order valence-electron chi connectivity index (χ1n) is 11.1. The SMILES string of the molecule is CCOc1cc(/C=C(\C#N)C(=O)Nc2cccc(C)c2C)cc(Cl)c1OCc1ccc(C(=O)O)cc1. The minimum absolute atomic E-state index is 0.0957. The molecule has 0 spiro atoms. The third-order valence-electron chi connectivity index (χ3n) is 5.44. The maximum Gasteiger partial charge on any atom is 0.335 e. The third-order valence-corrected chi connectivity index (χ3v) is 5.73. The number of rotatable bonds is 9. The van der Waals surface area contributed by atoms with Crippen LogP contribution in [0.15, 0.2) is 60.2 Å². The van der Waals surface area contributed by atoms with Crippen LogP contribution in [0.5, 0.6) is 11.5 Å². The van der Waals surface area contributed by atoms with Gasteiger partial charge in [0.25, 0.3) is 5.91 Å². The molecule has 1 amide bonds. The van der Waals surface area contributed by atoms with Gasteiger partial charge in [0.1, 0.15) is 18.2 Å². The molecule has 3 aromatic carbocycles. The van der Waals surface area contributed by atoms with Gasteiger partial charge in [-0.3, -0.25) is 4.79 Å². The summed E-state index contributed by atoms with van der Waals surface area (Å²) in [4.78, 5) is 23.8. The molecule has 3 aromatic rings. The Hall–Kier alpha value is -4.28. The molecule has 0 aliphatic carbocycles. The summed E-state index contributed by atoms with van der Waals surface area (Å²) >= 11 is 6.48. The number of benzene rings is 3. The lowest BCUT2D eigenvalue weighted by atomic mass is 10.1. The van der Waals surface area contributed by atoms with E-state index >= 15 is 0 Å². The van der Waals surface area contributed by atoms with Crippen molar-refractivity contribution in [1.29, 1.82) is 5.26 Å². The van der Waals surface area contributed by atoms with Crippen molar-refractivity contribution in [2.75, 3.05) is 11.9 Å². The zero-order valence-corrected chi connectivity index (χ0v) is 20.8. The van der Waals surface area contributed by atoms with Crippen LogP contribution < -0.4 is 14.8 Å². The van der Waals surface area contributed by atoms with E-state index in [1.165, 1.54) is 18.2 Å². The van der Waals surface area contributed by atoms with Crippen LogP contribution in [-0.4, -0.2) is 23.6 Å². The lowest BCUT2D eigenvalue weighted by Gasteiger charge is -2.15. The van der Waals surface area contributed by atoms with Crippen molar-refractivity contribution >= 4 is 35.2 Å². The number of nitrogens with one attached hydrogen (secondary N) is 1. The topological polar surface area (TPSA) is 109 Å². The zero-order chi connectivity index (χ0) is 26.2. The summed E-state index contributed by atoms with van der Waals surface area (Å²) in [5.74, 6) is -0.889. The van der Waals surface area contributed by atoms with Gasteiger partial charge in [-0.1, -0.05) is 35.9 Å². The Morgan fingerprint density at radius 2 is 1.83 bits per heavy atom. The Kier molecular flexibility index (Phi) is 8.71. The summed E-state index contributed by atoms with van der Waals surface area (Å²) in [5.41, 5.74) is 3.90. The summed E-state index contributed by atoms with van der Waals surface area (Å²) in [6.45, 7) is 6.12. The van der Waals surface area contributed by atoms with E-state index in [1.54, 1.807) is 30.3 Å². The number of hydrogen-bond acceptors (Lipinski definition) is 5. The summed E-state index contributed by atoms with van der Waals surface area (Å²) in [6, 6.07) is 17.0. The molecule has 0 aromatic heterocycles. The number of hydrogen-bond donors (Lipinski definition) is 2. The van der Waals surface area contributed by atoms with E-state index in [1.807, 2.05) is 39.0 Å². The highest BCUT2D eigenvalue weighted by atomic mass is 35.5. The standard InChI is InChI=1S/C28H25ClN2O5/c1-4-35-25-14-20(12-22(15-30)27(32)31-24-7-5-6-17(2)18(24)3)13-23(29)26(25)36-16-19-8-10-21(11-9-19)28(33)34/h5-14H,4,16H2,1-3H3,(H,31,32)(H,33,34)/b22-12+. The average molecular weight is 505 g/mol. The van der Waals surface area contributed by atoms with Crippen LogP contribution in [-0.2, 0) is 11.4 Å². The molecule has 0 saturated heterocycles. The van der Waals surface area contributed by atoms with E-state index in [9.17, 15) is 14.9 Å². The second-order valence-electron chi connectivity index (χ2n) is 7.93. The number of nitrogens with zero attached hydrogens (tertiary/aromatic N) is 1. The predicted molar refractivity (Wildman–Crippen MR) is 138 cm³/mol. The van der Waals surface area contributed by atoms with Crippen LogP contribution in [0, 0.1) is 25.2 Å². The number of aromatic carboxylic acids is 1. The van der Waals surface area contributed by atoms with Gasteiger partial charge in [0.2, 0.25) is 0 Å². The highest BCUT2D eigenvalue weighted by Gasteiger charge is 2.16. The largest absolute Gasteiger partial charge is 0.490 e. The van der Waals surface area contributed by atoms with E-state index in [4.69, 9.17) is 26.2 Å². The van der Waals surface area contributed by atoms with E-state index in [2.05, 4.69) is 5.32 Å². The molecule has 2 N–H and O–H groups in total. The lowest BCUT2D eigenvalue weighted by molar-refractivity contribution is -0.112. The van der Waals surface area contributed by atoms with Gasteiger partial charge in [-0.05, 0) is 79.4 Å². The van der Waals surface area contributed by atoms with Crippen molar-refractivity contribution in [3.8, 4) is 17.6 Å². The smallest absolute Gasteiger partial charge is 0.335 e. The molecule has 0 aliphatic heterocycles. The number of ether oxygens (including phenoxy) is 2. The minimum atomic E-state index is -1.01. The predicted octanol–water partition coefficient (Wildman–Crippen LogP) is 6.18. The second-order valence-corrected chi connectivity index (χ2v) is 8.33. The van der Waals surface area contributed by atoms with Crippen molar-refractivity contribution in [3.63, 3.8) is 0 Å². The van der Waals surface area contributed by atoms with Gasteiger partial charge < -0.3 is 19.9 Å². The highest BCUT2D eigenvalue weighted by Crippen LogP contribution is 2.38. The maximum atomic E-state index is 12.8. The molecule has 0 unspecified atom stereocenters. The number of halogens is 1. The number of anilines is 1. The molecule has 0 aliphatic rings. The normalized spacial score (nSPS) is 10.9. The first-order chi connectivity index (χ1) is 17.2. The van der Waals surface area contributed by atoms with Gasteiger partial charge in [-0.25, -0.2) is 4.79 Å². The number of carbonyl (C=O) groups excluding carboxylic acids is 1. The zero-order valence-electron chi connectivity index (χ0n) is 20.1. The molecule has 0 radical (unpaired) electrons. The second kappa shape index (κ2) is 11.9. The van der Waals surface area contributed by atoms with Gasteiger partial charge in [-0.2, -0.15) is 5.26 Å². The quantitative estimate of drug-likeness (QED) is 0.266. The molecule has 0 heterocycles. The first kappa shape index (κ1) is 26.3. The summed E-state index contributed by atoms with van der Waals surface area (Å²) in [5, 5.41) is 21.7. The van der Waals surface area contributed by atoms with E-state index in [0.717, 1.165) is 16.7 Å². The van der Waals surface area contributed by atoms with E-state index in [0.29, 0.717) is 29.4 Å². The van der Waals surface area contributed by atoms with Crippen LogP contribution in [0.4, 0.5) is 5.69 Å². The first-order valence-corrected chi connectivity index (χ1v) is 11.5. The number of nitriles is 1. The van der Waals surface area contributed by atoms with Gasteiger partial charge in [0.05, 0.1) is 17.2 Å². The fourth-order valence-corrected chi connectivity index (χ4v) is 3.64. The molecule has 0 saturated carbocycles. The number of amides is 1. The Morgan fingerprint density at radius 1 is 1.11 bits per heavy atom. The summed E-state index contributed by atoms with van der Waals surface area (Å²) < 4.78 is 11.6. The Balaban J connectivity index is 1.84. The monoisotopic (exact) mass is 504 g/mol. The van der Waals surface area contributed by atoms with Crippen LogP contribution in [0.3, 0.4) is 0 Å². The molecule has 36 heavy (non-hydrogen) atoms. The number of aryl methyl sites for hydroxylation is 1. The van der Waals surface area contributed by atoms with Crippen LogP contribution in [0.2, 0.25) is 5.02 Å². The highest BCUT2D eigenvalue weighted by molar-refractivity contribution is 6.32. The summed E-state index contributed by atoms with van der Waals surface area (Å²) in [6.07, 6.45) is 1.43. The molecular weight excluding hydrogens is 480 g/mol.